The molecule has 42 heavy (non-hydrogen) atoms. The number of halogens is 1. The molecule has 2 N–H and O–H groups in total. The first-order valence-corrected chi connectivity index (χ1v) is 17.0. The molecule has 9 heteroatoms. The van der Waals surface area contributed by atoms with E-state index in [1.807, 2.05) is 12.1 Å². The Morgan fingerprint density at radius 1 is 1.29 bits per heavy atom. The second kappa shape index (κ2) is 12.8. The van der Waals surface area contributed by atoms with Crippen LogP contribution in [0.4, 0.5) is 5.69 Å². The molecule has 0 aromatic heterocycles. The summed E-state index contributed by atoms with van der Waals surface area (Å²) in [5.74, 6) is 0.0674. The van der Waals surface area contributed by atoms with Crippen LogP contribution in [0.15, 0.2) is 61.2 Å². The van der Waals surface area contributed by atoms with Gasteiger partial charge in [0, 0.05) is 29.1 Å². The van der Waals surface area contributed by atoms with Crippen LogP contribution in [0.2, 0.25) is 5.02 Å². The minimum atomic E-state index is -3.83. The number of amides is 1. The molecule has 0 bridgehead atoms. The molecule has 1 fully saturated rings. The molecule has 0 saturated heterocycles. The Labute approximate surface area is 254 Å². The third-order valence-corrected chi connectivity index (χ3v) is 10.4. The summed E-state index contributed by atoms with van der Waals surface area (Å²) < 4.78 is 33.2. The van der Waals surface area contributed by atoms with Crippen LogP contribution in [0, 0.1) is 11.8 Å². The van der Waals surface area contributed by atoms with Crippen LogP contribution in [0.5, 0.6) is 5.75 Å². The fourth-order valence-electron chi connectivity index (χ4n) is 6.75. The lowest BCUT2D eigenvalue weighted by Crippen LogP contribution is -2.49. The number of hydrogen-bond acceptors (Lipinski definition) is 6. The summed E-state index contributed by atoms with van der Waals surface area (Å²) in [5.41, 5.74) is 3.23. The summed E-state index contributed by atoms with van der Waals surface area (Å²) in [6.45, 7) is 7.45. The van der Waals surface area contributed by atoms with Crippen molar-refractivity contribution in [2.24, 2.45) is 11.8 Å². The van der Waals surface area contributed by atoms with Crippen molar-refractivity contribution >= 4 is 33.2 Å². The van der Waals surface area contributed by atoms with Gasteiger partial charge in [-0.05, 0) is 91.8 Å². The van der Waals surface area contributed by atoms with Gasteiger partial charge in [-0.3, -0.25) is 4.79 Å². The van der Waals surface area contributed by atoms with Crippen LogP contribution in [0.1, 0.15) is 66.9 Å². The molecule has 2 aromatic carbocycles. The zero-order valence-electron chi connectivity index (χ0n) is 24.2. The molecule has 2 aromatic rings. The van der Waals surface area contributed by atoms with Crippen LogP contribution >= 0.6 is 11.6 Å². The van der Waals surface area contributed by atoms with Gasteiger partial charge in [-0.15, -0.1) is 6.58 Å². The highest BCUT2D eigenvalue weighted by molar-refractivity contribution is 7.90. The van der Waals surface area contributed by atoms with Crippen LogP contribution in [-0.4, -0.2) is 51.0 Å². The molecule has 1 saturated carbocycles. The predicted molar refractivity (Wildman–Crippen MR) is 168 cm³/mol. The van der Waals surface area contributed by atoms with Gasteiger partial charge in [-0.1, -0.05) is 49.2 Å². The summed E-state index contributed by atoms with van der Waals surface area (Å²) in [4.78, 5) is 15.3. The lowest BCUT2D eigenvalue weighted by molar-refractivity contribution is 0.0456. The van der Waals surface area contributed by atoms with Crippen molar-refractivity contribution < 1.29 is 23.1 Å². The van der Waals surface area contributed by atoms with E-state index >= 15 is 0 Å². The van der Waals surface area contributed by atoms with Gasteiger partial charge in [0.25, 0.3) is 5.91 Å². The number of anilines is 1. The number of nitrogens with zero attached hydrogens (tertiary/aromatic N) is 1. The lowest BCUT2D eigenvalue weighted by Gasteiger charge is -2.45. The number of aliphatic hydroxyl groups is 1. The smallest absolute Gasteiger partial charge is 0.264 e. The average Bonchev–Trinajstić information content (AvgIpc) is 3.08. The average molecular weight is 613 g/mol. The number of allylic oxidation sites excluding steroid dienone is 1. The summed E-state index contributed by atoms with van der Waals surface area (Å²) in [6.07, 6.45) is 11.7. The van der Waals surface area contributed by atoms with Crippen molar-refractivity contribution in [1.29, 1.82) is 0 Å². The molecule has 0 radical (unpaired) electrons. The van der Waals surface area contributed by atoms with Gasteiger partial charge in [-0.25, -0.2) is 13.1 Å². The molecule has 1 heterocycles. The zero-order chi connectivity index (χ0) is 29.9. The largest absolute Gasteiger partial charge is 0.490 e. The van der Waals surface area contributed by atoms with E-state index in [1.165, 1.54) is 17.2 Å². The van der Waals surface area contributed by atoms with Crippen LogP contribution in [0.3, 0.4) is 0 Å². The third kappa shape index (κ3) is 6.56. The predicted octanol–water partition coefficient (Wildman–Crippen LogP) is 5.80. The van der Waals surface area contributed by atoms with Gasteiger partial charge < -0.3 is 14.7 Å². The van der Waals surface area contributed by atoms with Crippen molar-refractivity contribution in [1.82, 2.24) is 4.72 Å². The molecule has 4 atom stereocenters. The number of carbonyl (C=O) groups is 1. The fraction of sp³-hybridized carbons (Fsp3) is 0.485. The summed E-state index contributed by atoms with van der Waals surface area (Å²) >= 11 is 6.38. The number of nitrogens with one attached hydrogen (secondary N) is 1. The van der Waals surface area contributed by atoms with Gasteiger partial charge in [0.05, 0.1) is 24.2 Å². The van der Waals surface area contributed by atoms with E-state index in [2.05, 4.69) is 41.3 Å². The van der Waals surface area contributed by atoms with Crippen molar-refractivity contribution in [2.45, 2.75) is 63.4 Å². The van der Waals surface area contributed by atoms with Crippen LogP contribution in [0.25, 0.3) is 0 Å². The second-order valence-corrected chi connectivity index (χ2v) is 14.2. The Bertz CT molecular complexity index is 1460. The van der Waals surface area contributed by atoms with E-state index in [4.69, 9.17) is 16.3 Å². The molecule has 1 aliphatic heterocycles. The third-order valence-electron chi connectivity index (χ3n) is 9.04. The molecule has 1 spiro atoms. The number of aryl methyl sites for hydroxylation is 1. The molecular weight excluding hydrogens is 572 g/mol. The molecule has 7 nitrogen and oxygen atoms in total. The first-order valence-electron chi connectivity index (χ1n) is 15.0. The number of hydrogen-bond donors (Lipinski definition) is 2. The number of ether oxygens (including phenoxy) is 1. The van der Waals surface area contributed by atoms with Gasteiger partial charge >= 0.3 is 0 Å². The van der Waals surface area contributed by atoms with E-state index in [9.17, 15) is 18.3 Å². The van der Waals surface area contributed by atoms with Crippen LogP contribution in [-0.2, 0) is 21.9 Å². The SMILES string of the molecule is C=CCS(=O)(=O)NC(=O)c1ccc2c(c1)N(C[C@@H]1CC[C@H]1C(O)/C=C\CCC)C[C@@]1(CCCc3cc(Cl)ccc31)CO2. The molecule has 2 aliphatic carbocycles. The lowest BCUT2D eigenvalue weighted by atomic mass is 9.68. The van der Waals surface area contributed by atoms with E-state index < -0.39 is 22.0 Å². The molecule has 3 aliphatic rings. The van der Waals surface area contributed by atoms with Gasteiger partial charge in [0.2, 0.25) is 10.0 Å². The Balaban J connectivity index is 1.49. The van der Waals surface area contributed by atoms with Gasteiger partial charge in [0.15, 0.2) is 0 Å². The van der Waals surface area contributed by atoms with E-state index in [1.54, 1.807) is 18.2 Å². The highest BCUT2D eigenvalue weighted by Gasteiger charge is 2.44. The second-order valence-electron chi connectivity index (χ2n) is 12.0. The Morgan fingerprint density at radius 3 is 2.86 bits per heavy atom. The highest BCUT2D eigenvalue weighted by atomic mass is 35.5. The molecule has 226 valence electrons. The minimum absolute atomic E-state index is 0.162. The Morgan fingerprint density at radius 2 is 2.12 bits per heavy atom. The standard InChI is InChI=1S/C33H41ClN2O5S/c1-3-5-6-9-30(37)27-13-10-25(27)20-36-21-33(16-7-8-23-18-26(34)12-14-28(23)33)22-41-31-15-11-24(19-29(31)36)32(38)35-42(39,40)17-4-2/h4,6,9,11-12,14-15,18-19,25,27,30,37H,2-3,5,7-8,10,13,16-17,20-22H2,1H3,(H,35,38)/b9-6-/t25-,27+,30?,33-/m0/s1. The van der Waals surface area contributed by atoms with Crippen molar-refractivity contribution in [3.05, 3.63) is 82.9 Å². The molecule has 5 rings (SSSR count). The van der Waals surface area contributed by atoms with Crippen molar-refractivity contribution in [3.8, 4) is 5.75 Å². The maximum absolute atomic E-state index is 13.0. The van der Waals surface area contributed by atoms with Gasteiger partial charge in [-0.2, -0.15) is 0 Å². The molecule has 1 amide bonds. The number of fused-ring (bicyclic) bond motifs is 3. The number of carbonyl (C=O) groups excluding carboxylic acids is 1. The quantitative estimate of drug-likeness (QED) is 0.329. The topological polar surface area (TPSA) is 95.9 Å². The number of aliphatic hydroxyl groups excluding tert-OH is 1. The summed E-state index contributed by atoms with van der Waals surface area (Å²) in [7, 11) is -3.83. The normalized spacial score (nSPS) is 24.2. The first kappa shape index (κ1) is 30.6. The van der Waals surface area contributed by atoms with E-state index in [0.717, 1.165) is 55.7 Å². The van der Waals surface area contributed by atoms with E-state index in [-0.39, 0.29) is 28.6 Å². The summed E-state index contributed by atoms with van der Waals surface area (Å²) in [5, 5.41) is 11.7. The fourth-order valence-corrected chi connectivity index (χ4v) is 7.74. The Kier molecular flexibility index (Phi) is 9.35. The number of unbranched alkanes of at least 4 members (excludes halogenated alkanes) is 1. The van der Waals surface area contributed by atoms with E-state index in [0.29, 0.717) is 25.4 Å². The zero-order valence-corrected chi connectivity index (χ0v) is 25.8. The number of sulfonamides is 1. The number of rotatable bonds is 10. The monoisotopic (exact) mass is 612 g/mol. The molecule has 1 unspecified atom stereocenters. The maximum atomic E-state index is 13.0. The van der Waals surface area contributed by atoms with Crippen molar-refractivity contribution in [3.63, 3.8) is 0 Å². The van der Waals surface area contributed by atoms with Gasteiger partial charge in [0.1, 0.15) is 5.75 Å². The molecular formula is C33H41ClN2O5S. The Hall–Kier alpha value is -2.81. The summed E-state index contributed by atoms with van der Waals surface area (Å²) in [6, 6.07) is 11.3. The van der Waals surface area contributed by atoms with Crippen molar-refractivity contribution in [2.75, 3.05) is 30.3 Å². The maximum Gasteiger partial charge on any atom is 0.264 e. The highest BCUT2D eigenvalue weighted by Crippen LogP contribution is 2.46. The first-order chi connectivity index (χ1) is 20.1. The number of benzene rings is 2. The minimum Gasteiger partial charge on any atom is -0.490 e. The van der Waals surface area contributed by atoms with Crippen LogP contribution < -0.4 is 14.4 Å².